The molecule has 4 heteroatoms. The topological polar surface area (TPSA) is 42.1 Å². The maximum Gasteiger partial charge on any atom is 0.107 e. The summed E-state index contributed by atoms with van der Waals surface area (Å²) < 4.78 is 0. The first kappa shape index (κ1) is 13.3. The lowest BCUT2D eigenvalue weighted by Gasteiger charge is -2.27. The number of thiocarbonyl (C=S) groups is 1. The lowest BCUT2D eigenvalue weighted by Crippen LogP contribution is -2.30. The average molecular weight is 263 g/mol. The Hall–Kier alpha value is -1.16. The van der Waals surface area contributed by atoms with Crippen LogP contribution in [0.15, 0.2) is 6.07 Å². The van der Waals surface area contributed by atoms with Gasteiger partial charge in [-0.2, -0.15) is 0 Å². The van der Waals surface area contributed by atoms with Crippen LogP contribution in [0, 0.1) is 19.8 Å². The van der Waals surface area contributed by atoms with E-state index < -0.39 is 0 Å². The first-order chi connectivity index (χ1) is 8.40. The highest BCUT2D eigenvalue weighted by molar-refractivity contribution is 7.80. The van der Waals surface area contributed by atoms with Crippen molar-refractivity contribution in [3.8, 4) is 0 Å². The standard InChI is InChI=1S/C14H21N3S/c1-8-5-10(3)17(7-8)12-6-9(2)16-11(4)13(12)14(15)18/h6,8,10H,5,7H2,1-4H3,(H2,15,18). The molecule has 2 heterocycles. The van der Waals surface area contributed by atoms with E-state index in [-0.39, 0.29) is 0 Å². The van der Waals surface area contributed by atoms with Gasteiger partial charge in [-0.05, 0) is 39.2 Å². The highest BCUT2D eigenvalue weighted by atomic mass is 32.1. The third-order valence-corrected chi connectivity index (χ3v) is 3.85. The molecule has 1 fully saturated rings. The fraction of sp³-hybridized carbons (Fsp3) is 0.571. The fourth-order valence-electron chi connectivity index (χ4n) is 2.97. The third kappa shape index (κ3) is 2.34. The Morgan fingerprint density at radius 3 is 2.61 bits per heavy atom. The second kappa shape index (κ2) is 4.84. The molecule has 0 spiro atoms. The number of nitrogens with two attached hydrogens (primary N) is 1. The van der Waals surface area contributed by atoms with Gasteiger partial charge in [0, 0.05) is 24.0 Å². The lowest BCUT2D eigenvalue weighted by molar-refractivity contribution is 0.625. The van der Waals surface area contributed by atoms with Gasteiger partial charge in [-0.25, -0.2) is 0 Å². The number of hydrogen-bond acceptors (Lipinski definition) is 3. The summed E-state index contributed by atoms with van der Waals surface area (Å²) in [4.78, 5) is 7.34. The minimum Gasteiger partial charge on any atom is -0.389 e. The third-order valence-electron chi connectivity index (χ3n) is 3.65. The predicted octanol–water partition coefficient (Wildman–Crippen LogP) is 2.57. The Morgan fingerprint density at radius 1 is 1.44 bits per heavy atom. The number of pyridine rings is 1. The van der Waals surface area contributed by atoms with Crippen molar-refractivity contribution in [2.75, 3.05) is 11.4 Å². The summed E-state index contributed by atoms with van der Waals surface area (Å²) in [7, 11) is 0. The van der Waals surface area contributed by atoms with E-state index in [0.29, 0.717) is 16.9 Å². The molecule has 1 aliphatic heterocycles. The van der Waals surface area contributed by atoms with E-state index in [0.717, 1.165) is 29.2 Å². The number of nitrogens with zero attached hydrogens (tertiary/aromatic N) is 2. The summed E-state index contributed by atoms with van der Waals surface area (Å²) >= 11 is 5.19. The van der Waals surface area contributed by atoms with Crippen LogP contribution in [-0.2, 0) is 0 Å². The van der Waals surface area contributed by atoms with Crippen LogP contribution in [0.4, 0.5) is 5.69 Å². The van der Waals surface area contributed by atoms with Gasteiger partial charge >= 0.3 is 0 Å². The van der Waals surface area contributed by atoms with Crippen LogP contribution in [0.2, 0.25) is 0 Å². The molecule has 0 saturated carbocycles. The monoisotopic (exact) mass is 263 g/mol. The molecule has 0 amide bonds. The molecule has 1 aromatic heterocycles. The molecule has 3 nitrogen and oxygen atoms in total. The van der Waals surface area contributed by atoms with Crippen LogP contribution in [0.1, 0.15) is 37.2 Å². The van der Waals surface area contributed by atoms with Crippen molar-refractivity contribution in [2.24, 2.45) is 11.7 Å². The normalized spacial score (nSPS) is 23.4. The number of hydrogen-bond donors (Lipinski definition) is 1. The van der Waals surface area contributed by atoms with Gasteiger partial charge in [-0.15, -0.1) is 0 Å². The van der Waals surface area contributed by atoms with Crippen molar-refractivity contribution in [3.05, 3.63) is 23.0 Å². The number of rotatable bonds is 2. The minimum atomic E-state index is 0.446. The van der Waals surface area contributed by atoms with Gasteiger partial charge in [0.2, 0.25) is 0 Å². The molecule has 2 rings (SSSR count). The molecular weight excluding hydrogens is 242 g/mol. The molecular formula is C14H21N3S. The second-order valence-electron chi connectivity index (χ2n) is 5.45. The molecule has 0 bridgehead atoms. The van der Waals surface area contributed by atoms with Crippen LogP contribution >= 0.6 is 12.2 Å². The minimum absolute atomic E-state index is 0.446. The van der Waals surface area contributed by atoms with Gasteiger partial charge in [0.25, 0.3) is 0 Å². The van der Waals surface area contributed by atoms with Gasteiger partial charge in [-0.3, -0.25) is 4.98 Å². The Balaban J connectivity index is 2.52. The van der Waals surface area contributed by atoms with E-state index in [1.165, 1.54) is 6.42 Å². The lowest BCUT2D eigenvalue weighted by atomic mass is 10.1. The van der Waals surface area contributed by atoms with Crippen molar-refractivity contribution in [1.29, 1.82) is 0 Å². The van der Waals surface area contributed by atoms with Crippen molar-refractivity contribution < 1.29 is 0 Å². The van der Waals surface area contributed by atoms with Gasteiger partial charge in [0.15, 0.2) is 0 Å². The van der Waals surface area contributed by atoms with E-state index >= 15 is 0 Å². The van der Waals surface area contributed by atoms with Crippen molar-refractivity contribution in [2.45, 2.75) is 40.2 Å². The van der Waals surface area contributed by atoms with Gasteiger partial charge in [-0.1, -0.05) is 19.1 Å². The second-order valence-corrected chi connectivity index (χ2v) is 5.89. The summed E-state index contributed by atoms with van der Waals surface area (Å²) in [6.45, 7) is 9.62. The van der Waals surface area contributed by atoms with Gasteiger partial charge < -0.3 is 10.6 Å². The smallest absolute Gasteiger partial charge is 0.107 e. The fourth-order valence-corrected chi connectivity index (χ4v) is 3.23. The van der Waals surface area contributed by atoms with Crippen molar-refractivity contribution in [3.63, 3.8) is 0 Å². The number of aromatic nitrogens is 1. The Morgan fingerprint density at radius 2 is 2.11 bits per heavy atom. The van der Waals surface area contributed by atoms with Gasteiger partial charge in [0.1, 0.15) is 4.99 Å². The first-order valence-corrected chi connectivity index (χ1v) is 6.85. The highest BCUT2D eigenvalue weighted by Crippen LogP contribution is 2.32. The van der Waals surface area contributed by atoms with E-state index in [4.69, 9.17) is 18.0 Å². The van der Waals surface area contributed by atoms with Crippen LogP contribution < -0.4 is 10.6 Å². The Kier molecular flexibility index (Phi) is 3.57. The molecule has 18 heavy (non-hydrogen) atoms. The highest BCUT2D eigenvalue weighted by Gasteiger charge is 2.29. The Bertz CT molecular complexity index is 484. The first-order valence-electron chi connectivity index (χ1n) is 6.44. The molecule has 2 unspecified atom stereocenters. The molecule has 2 N–H and O–H groups in total. The summed E-state index contributed by atoms with van der Waals surface area (Å²) in [6, 6.07) is 2.64. The predicted molar refractivity (Wildman–Crippen MR) is 80.2 cm³/mol. The zero-order valence-electron chi connectivity index (χ0n) is 11.5. The van der Waals surface area contributed by atoms with E-state index in [1.54, 1.807) is 0 Å². The van der Waals surface area contributed by atoms with E-state index in [2.05, 4.69) is 29.8 Å². The van der Waals surface area contributed by atoms with Crippen LogP contribution in [0.5, 0.6) is 0 Å². The zero-order valence-corrected chi connectivity index (χ0v) is 12.3. The summed E-state index contributed by atoms with van der Waals surface area (Å²) in [5.74, 6) is 0.716. The molecule has 2 atom stereocenters. The van der Waals surface area contributed by atoms with Crippen LogP contribution in [0.25, 0.3) is 0 Å². The molecule has 0 aliphatic carbocycles. The van der Waals surface area contributed by atoms with Crippen molar-refractivity contribution >= 4 is 22.9 Å². The molecule has 1 saturated heterocycles. The largest absolute Gasteiger partial charge is 0.389 e. The maximum atomic E-state index is 5.88. The van der Waals surface area contributed by atoms with Crippen LogP contribution in [-0.4, -0.2) is 22.6 Å². The summed E-state index contributed by atoms with van der Waals surface area (Å²) in [6.07, 6.45) is 1.22. The van der Waals surface area contributed by atoms with Gasteiger partial charge in [0.05, 0.1) is 11.3 Å². The zero-order chi connectivity index (χ0) is 13.4. The molecule has 0 aromatic carbocycles. The van der Waals surface area contributed by atoms with Crippen molar-refractivity contribution in [1.82, 2.24) is 4.98 Å². The maximum absolute atomic E-state index is 5.88. The molecule has 1 aromatic rings. The van der Waals surface area contributed by atoms with E-state index in [9.17, 15) is 0 Å². The summed E-state index contributed by atoms with van der Waals surface area (Å²) in [5, 5.41) is 0. The van der Waals surface area contributed by atoms with E-state index in [1.807, 2.05) is 13.8 Å². The Labute approximate surface area is 114 Å². The molecule has 98 valence electrons. The summed E-state index contributed by atoms with van der Waals surface area (Å²) in [5.41, 5.74) is 9.93. The number of anilines is 1. The quantitative estimate of drug-likeness (QED) is 0.833. The molecule has 1 aliphatic rings. The SMILES string of the molecule is Cc1cc(N2CC(C)CC2C)c(C(N)=S)c(C)n1. The number of aryl methyl sites for hydroxylation is 2. The molecule has 0 radical (unpaired) electrons. The van der Waals surface area contributed by atoms with Crippen LogP contribution in [0.3, 0.4) is 0 Å². The average Bonchev–Trinajstić information content (AvgIpc) is 2.55.